The van der Waals surface area contributed by atoms with Gasteiger partial charge in [-0.3, -0.25) is 9.59 Å². The number of hydrogen-bond acceptors (Lipinski definition) is 2. The van der Waals surface area contributed by atoms with Crippen LogP contribution in [0.25, 0.3) is 0 Å². The van der Waals surface area contributed by atoms with Gasteiger partial charge in [-0.15, -0.1) is 0 Å². The number of carbonyl (C=O) groups is 2. The summed E-state index contributed by atoms with van der Waals surface area (Å²) in [6.07, 6.45) is 10.2. The molecule has 0 spiro atoms. The fraction of sp³-hybridized carbons (Fsp3) is 0.905. The minimum atomic E-state index is 0.288. The highest BCUT2D eigenvalue weighted by molar-refractivity contribution is 5.77. The van der Waals surface area contributed by atoms with Gasteiger partial charge in [0.25, 0.3) is 0 Å². The number of piperidine rings is 1. The Morgan fingerprint density at radius 2 is 1.76 bits per heavy atom. The molecule has 2 amide bonds. The number of nitrogens with zero attached hydrogens (tertiary/aromatic N) is 2. The maximum absolute atomic E-state index is 12.2. The summed E-state index contributed by atoms with van der Waals surface area (Å²) in [6, 6.07) is 0.853. The molecule has 4 heteroatoms. The summed E-state index contributed by atoms with van der Waals surface area (Å²) in [6.45, 7) is 4.93. The number of fused-ring (bicyclic) bond motifs is 5. The summed E-state index contributed by atoms with van der Waals surface area (Å²) < 4.78 is 0. The lowest BCUT2D eigenvalue weighted by atomic mass is 9.47. The van der Waals surface area contributed by atoms with Gasteiger partial charge in [0, 0.05) is 32.6 Å². The van der Waals surface area contributed by atoms with Crippen LogP contribution in [0, 0.1) is 28.6 Å². The molecule has 4 rings (SSSR count). The first kappa shape index (κ1) is 17.4. The zero-order valence-corrected chi connectivity index (χ0v) is 16.3. The third kappa shape index (κ3) is 2.24. The van der Waals surface area contributed by atoms with Crippen LogP contribution in [0.5, 0.6) is 0 Å². The van der Waals surface area contributed by atoms with E-state index in [1.54, 1.807) is 0 Å². The Labute approximate surface area is 152 Å². The lowest BCUT2D eigenvalue weighted by Crippen LogP contribution is -2.61. The molecular formula is C21H34N2O2. The lowest BCUT2D eigenvalue weighted by Gasteiger charge is -2.62. The Kier molecular flexibility index (Phi) is 3.97. The van der Waals surface area contributed by atoms with Crippen molar-refractivity contribution >= 4 is 12.3 Å². The smallest absolute Gasteiger partial charge is 0.222 e. The summed E-state index contributed by atoms with van der Waals surface area (Å²) in [5.41, 5.74) is 0.581. The number of hydrogen-bond donors (Lipinski definition) is 0. The molecule has 0 aromatic rings. The Balaban J connectivity index is 1.62. The van der Waals surface area contributed by atoms with Crippen molar-refractivity contribution in [2.45, 2.75) is 77.3 Å². The van der Waals surface area contributed by atoms with Crippen LogP contribution in [-0.4, -0.2) is 48.3 Å². The van der Waals surface area contributed by atoms with Gasteiger partial charge < -0.3 is 9.80 Å². The quantitative estimate of drug-likeness (QED) is 0.720. The van der Waals surface area contributed by atoms with E-state index < -0.39 is 0 Å². The summed E-state index contributed by atoms with van der Waals surface area (Å²) in [5, 5.41) is 0. The molecule has 0 aromatic heterocycles. The summed E-state index contributed by atoms with van der Waals surface area (Å²) in [7, 11) is 4.00. The van der Waals surface area contributed by atoms with Crippen molar-refractivity contribution in [2.75, 3.05) is 14.1 Å². The monoisotopic (exact) mass is 346 g/mol. The lowest BCUT2D eigenvalue weighted by molar-refractivity contribution is -0.158. The van der Waals surface area contributed by atoms with Gasteiger partial charge in [-0.25, -0.2) is 0 Å². The van der Waals surface area contributed by atoms with E-state index in [4.69, 9.17) is 0 Å². The third-order valence-corrected chi connectivity index (χ3v) is 9.17. The molecule has 25 heavy (non-hydrogen) atoms. The molecule has 4 fully saturated rings. The maximum atomic E-state index is 12.2. The molecule has 3 aliphatic carbocycles. The fourth-order valence-electron chi connectivity index (χ4n) is 7.87. The van der Waals surface area contributed by atoms with E-state index >= 15 is 0 Å². The highest BCUT2D eigenvalue weighted by atomic mass is 16.2. The van der Waals surface area contributed by atoms with Crippen molar-refractivity contribution < 1.29 is 9.59 Å². The van der Waals surface area contributed by atoms with Gasteiger partial charge in [-0.2, -0.15) is 0 Å². The van der Waals surface area contributed by atoms with Gasteiger partial charge in [0.15, 0.2) is 0 Å². The number of carbonyl (C=O) groups excluding carboxylic acids is 2. The largest absolute Gasteiger partial charge is 0.345 e. The molecule has 0 aromatic carbocycles. The first-order valence-electron chi connectivity index (χ1n) is 10.3. The Hall–Kier alpha value is -1.06. The molecule has 4 nitrogen and oxygen atoms in total. The van der Waals surface area contributed by atoms with Gasteiger partial charge in [0.05, 0.1) is 0 Å². The molecule has 4 aliphatic rings. The molecule has 3 saturated carbocycles. The Bertz CT molecular complexity index is 578. The topological polar surface area (TPSA) is 40.6 Å². The standard InChI is InChI=1S/C21H34N2O2/c1-20-11-9-16-14(15(20)6-8-17(20)22(3)13-24)5-7-18-21(16,2)12-10-19(25)23(18)4/h13-18H,5-12H2,1-4H3/t14-,15-,16+,17?,18?,20-,21+/m0/s1. The second kappa shape index (κ2) is 5.72. The number of likely N-dealkylation sites (tertiary alicyclic amines) is 1. The average molecular weight is 347 g/mol. The number of amides is 2. The highest BCUT2D eigenvalue weighted by Gasteiger charge is 2.61. The van der Waals surface area contributed by atoms with Crippen molar-refractivity contribution in [1.82, 2.24) is 9.80 Å². The van der Waals surface area contributed by atoms with Crippen LogP contribution < -0.4 is 0 Å². The summed E-state index contributed by atoms with van der Waals surface area (Å²) in [4.78, 5) is 27.6. The highest BCUT2D eigenvalue weighted by Crippen LogP contribution is 2.65. The van der Waals surface area contributed by atoms with Gasteiger partial charge >= 0.3 is 0 Å². The first-order chi connectivity index (χ1) is 11.8. The predicted octanol–water partition coefficient (Wildman–Crippen LogP) is 3.31. The van der Waals surface area contributed by atoms with Crippen molar-refractivity contribution in [1.29, 1.82) is 0 Å². The van der Waals surface area contributed by atoms with Crippen molar-refractivity contribution in [3.8, 4) is 0 Å². The van der Waals surface area contributed by atoms with Crippen molar-refractivity contribution in [2.24, 2.45) is 28.6 Å². The van der Waals surface area contributed by atoms with Crippen LogP contribution in [0.1, 0.15) is 65.2 Å². The summed E-state index contributed by atoms with van der Waals surface area (Å²) >= 11 is 0. The molecule has 0 bridgehead atoms. The van der Waals surface area contributed by atoms with Crippen LogP contribution in [-0.2, 0) is 9.59 Å². The van der Waals surface area contributed by atoms with E-state index in [2.05, 4.69) is 18.7 Å². The molecule has 140 valence electrons. The van der Waals surface area contributed by atoms with Crippen LogP contribution in [0.15, 0.2) is 0 Å². The van der Waals surface area contributed by atoms with Gasteiger partial charge in [0.1, 0.15) is 0 Å². The molecule has 0 N–H and O–H groups in total. The molecule has 1 heterocycles. The Morgan fingerprint density at radius 3 is 2.48 bits per heavy atom. The molecule has 1 saturated heterocycles. The molecule has 7 atom stereocenters. The zero-order valence-electron chi connectivity index (χ0n) is 16.3. The van der Waals surface area contributed by atoms with Crippen molar-refractivity contribution in [3.05, 3.63) is 0 Å². The molecule has 1 aliphatic heterocycles. The van der Waals surface area contributed by atoms with Crippen LogP contribution >= 0.6 is 0 Å². The fourth-order valence-corrected chi connectivity index (χ4v) is 7.87. The second-order valence-corrected chi connectivity index (χ2v) is 9.89. The van der Waals surface area contributed by atoms with Crippen LogP contribution in [0.2, 0.25) is 0 Å². The molecular weight excluding hydrogens is 312 g/mol. The SMILES string of the molecule is CN(C=O)C1CC[C@H]2[C@@H]3CCC4N(C)C(=O)CC[C@]4(C)[C@@H]3CC[C@]12C. The van der Waals surface area contributed by atoms with Crippen LogP contribution in [0.3, 0.4) is 0 Å². The second-order valence-electron chi connectivity index (χ2n) is 9.89. The van der Waals surface area contributed by atoms with Gasteiger partial charge in [-0.05, 0) is 73.5 Å². The van der Waals surface area contributed by atoms with Crippen LogP contribution in [0.4, 0.5) is 0 Å². The maximum Gasteiger partial charge on any atom is 0.222 e. The van der Waals surface area contributed by atoms with Crippen molar-refractivity contribution in [3.63, 3.8) is 0 Å². The van der Waals surface area contributed by atoms with E-state index in [9.17, 15) is 9.59 Å². The van der Waals surface area contributed by atoms with E-state index in [1.807, 2.05) is 19.0 Å². The van der Waals surface area contributed by atoms with Gasteiger partial charge in [0.2, 0.25) is 12.3 Å². The minimum absolute atomic E-state index is 0.288. The minimum Gasteiger partial charge on any atom is -0.345 e. The van der Waals surface area contributed by atoms with E-state index in [-0.39, 0.29) is 5.41 Å². The first-order valence-corrected chi connectivity index (χ1v) is 10.3. The van der Waals surface area contributed by atoms with E-state index in [1.165, 1.54) is 32.1 Å². The zero-order chi connectivity index (χ0) is 18.0. The third-order valence-electron chi connectivity index (χ3n) is 9.17. The molecule has 0 radical (unpaired) electrons. The summed E-state index contributed by atoms with van der Waals surface area (Å²) in [5.74, 6) is 2.63. The normalized spacial score (nSPS) is 49.2. The molecule has 2 unspecified atom stereocenters. The van der Waals surface area contributed by atoms with E-state index in [0.717, 1.165) is 43.4 Å². The average Bonchev–Trinajstić information content (AvgIpc) is 2.95. The Morgan fingerprint density at radius 1 is 1.04 bits per heavy atom. The van der Waals surface area contributed by atoms with E-state index in [0.29, 0.717) is 23.4 Å². The predicted molar refractivity (Wildman–Crippen MR) is 97.8 cm³/mol. The van der Waals surface area contributed by atoms with Gasteiger partial charge in [-0.1, -0.05) is 13.8 Å². The number of rotatable bonds is 2.